The minimum atomic E-state index is -0.758. The van der Waals surface area contributed by atoms with Gasteiger partial charge in [-0.3, -0.25) is 4.98 Å². The Hall–Kier alpha value is -1.93. The second-order valence-electron chi connectivity index (χ2n) is 3.02. The third kappa shape index (κ3) is 2.02. The highest BCUT2D eigenvalue weighted by Crippen LogP contribution is 2.07. The van der Waals surface area contributed by atoms with Gasteiger partial charge in [-0.25, -0.2) is 9.59 Å². The van der Waals surface area contributed by atoms with Crippen molar-refractivity contribution in [2.24, 2.45) is 0 Å². The fraction of sp³-hybridized carbons (Fsp3) is 0.0909. The number of thiol groups is 1. The van der Waals surface area contributed by atoms with Crippen molar-refractivity contribution in [2.45, 2.75) is 0 Å². The lowest BCUT2D eigenvalue weighted by molar-refractivity contribution is 0.460. The van der Waals surface area contributed by atoms with Crippen molar-refractivity contribution in [3.05, 3.63) is 44.7 Å². The maximum atomic E-state index is 11.4. The number of rotatable bonds is 0. The third-order valence-electron chi connectivity index (χ3n) is 1.97. The molecule has 1 heterocycles. The summed E-state index contributed by atoms with van der Waals surface area (Å²) >= 11 is 3.96. The summed E-state index contributed by atoms with van der Waals surface area (Å²) in [6.07, 6.45) is 0. The molecule has 0 saturated heterocycles. The molecule has 4 nitrogen and oxygen atoms in total. The lowest BCUT2D eigenvalue weighted by Crippen LogP contribution is -2.14. The van der Waals surface area contributed by atoms with Crippen molar-refractivity contribution in [1.82, 2.24) is 4.98 Å². The van der Waals surface area contributed by atoms with Crippen LogP contribution in [0.3, 0.4) is 0 Å². The first kappa shape index (κ1) is 10.6. The molecule has 1 aromatic heterocycles. The summed E-state index contributed by atoms with van der Waals surface area (Å²) < 4.78 is 4.42. The van der Waals surface area contributed by atoms with Crippen LogP contribution in [-0.4, -0.2) is 10.7 Å². The van der Waals surface area contributed by atoms with Crippen molar-refractivity contribution in [2.75, 3.05) is 5.75 Å². The summed E-state index contributed by atoms with van der Waals surface area (Å²) in [4.78, 5) is 24.7. The van der Waals surface area contributed by atoms with Crippen LogP contribution in [0.5, 0.6) is 0 Å². The number of H-pyrrole nitrogens is 1. The molecule has 0 amide bonds. The van der Waals surface area contributed by atoms with Crippen LogP contribution in [-0.2, 0) is 0 Å². The summed E-state index contributed by atoms with van der Waals surface area (Å²) in [5, 5.41) is 0.311. The van der Waals surface area contributed by atoms with Crippen LogP contribution < -0.4 is 11.4 Å². The van der Waals surface area contributed by atoms with Gasteiger partial charge in [-0.1, -0.05) is 11.8 Å². The van der Waals surface area contributed by atoms with E-state index < -0.39 is 11.4 Å². The van der Waals surface area contributed by atoms with E-state index in [0.29, 0.717) is 22.2 Å². The molecule has 2 rings (SSSR count). The van der Waals surface area contributed by atoms with Gasteiger partial charge in [-0.2, -0.15) is 12.6 Å². The molecule has 0 bridgehead atoms. The highest BCUT2D eigenvalue weighted by Gasteiger charge is 2.02. The fourth-order valence-electron chi connectivity index (χ4n) is 1.32. The van der Waals surface area contributed by atoms with Crippen LogP contribution in [0.25, 0.3) is 10.9 Å². The van der Waals surface area contributed by atoms with Crippen LogP contribution in [0.2, 0.25) is 0 Å². The SMILES string of the molecule is O=c1[nH]c2ccc(C#CCS)cc2c(=O)o1. The Kier molecular flexibility index (Phi) is 2.84. The van der Waals surface area contributed by atoms with Gasteiger partial charge in [0.05, 0.1) is 16.7 Å². The smallest absolute Gasteiger partial charge is 0.372 e. The first-order chi connectivity index (χ1) is 7.70. The average molecular weight is 233 g/mol. The molecule has 1 aromatic carbocycles. The van der Waals surface area contributed by atoms with Crippen molar-refractivity contribution in [3.63, 3.8) is 0 Å². The Labute approximate surface area is 95.7 Å². The molecule has 0 fully saturated rings. The van der Waals surface area contributed by atoms with Gasteiger partial charge in [0.2, 0.25) is 0 Å². The Morgan fingerprint density at radius 2 is 2.19 bits per heavy atom. The number of benzene rings is 1. The molecular formula is C11H7NO3S. The van der Waals surface area contributed by atoms with Crippen LogP contribution >= 0.6 is 12.6 Å². The molecule has 0 atom stereocenters. The third-order valence-corrected chi connectivity index (χ3v) is 2.13. The zero-order valence-electron chi connectivity index (χ0n) is 8.11. The van der Waals surface area contributed by atoms with E-state index in [0.717, 1.165) is 0 Å². The van der Waals surface area contributed by atoms with Gasteiger partial charge in [-0.05, 0) is 18.2 Å². The lowest BCUT2D eigenvalue weighted by atomic mass is 10.1. The minimum Gasteiger partial charge on any atom is -0.372 e. The monoisotopic (exact) mass is 233 g/mol. The normalized spacial score (nSPS) is 9.81. The van der Waals surface area contributed by atoms with E-state index in [1.807, 2.05) is 0 Å². The van der Waals surface area contributed by atoms with Gasteiger partial charge in [0.15, 0.2) is 0 Å². The van der Waals surface area contributed by atoms with E-state index >= 15 is 0 Å². The van der Waals surface area contributed by atoms with Gasteiger partial charge >= 0.3 is 11.4 Å². The highest BCUT2D eigenvalue weighted by molar-refractivity contribution is 7.80. The number of aromatic nitrogens is 1. The topological polar surface area (TPSA) is 63.1 Å². The van der Waals surface area contributed by atoms with Crippen molar-refractivity contribution < 1.29 is 4.42 Å². The minimum absolute atomic E-state index is 0.311. The lowest BCUT2D eigenvalue weighted by Gasteiger charge is -1.95. The summed E-state index contributed by atoms with van der Waals surface area (Å²) in [6.45, 7) is 0. The predicted octanol–water partition coefficient (Wildman–Crippen LogP) is 0.763. The molecule has 2 aromatic rings. The first-order valence-corrected chi connectivity index (χ1v) is 5.11. The molecule has 80 valence electrons. The van der Waals surface area contributed by atoms with Crippen molar-refractivity contribution in [1.29, 1.82) is 0 Å². The molecule has 1 N–H and O–H groups in total. The molecule has 0 aliphatic carbocycles. The van der Waals surface area contributed by atoms with Crippen molar-refractivity contribution in [3.8, 4) is 11.8 Å². The maximum absolute atomic E-state index is 11.4. The number of fused-ring (bicyclic) bond motifs is 1. The zero-order chi connectivity index (χ0) is 11.5. The van der Waals surface area contributed by atoms with E-state index in [9.17, 15) is 9.59 Å². The molecule has 0 aliphatic heterocycles. The van der Waals surface area contributed by atoms with Crippen LogP contribution in [0.4, 0.5) is 0 Å². The van der Waals surface area contributed by atoms with Gasteiger partial charge in [-0.15, -0.1) is 0 Å². The van der Waals surface area contributed by atoms with Gasteiger partial charge in [0, 0.05) is 5.56 Å². The molecule has 0 radical (unpaired) electrons. The van der Waals surface area contributed by atoms with E-state index in [4.69, 9.17) is 0 Å². The fourth-order valence-corrected chi connectivity index (χ4v) is 1.40. The molecule has 0 saturated carbocycles. The van der Waals surface area contributed by atoms with Crippen LogP contribution in [0.15, 0.2) is 32.2 Å². The van der Waals surface area contributed by atoms with E-state index in [1.54, 1.807) is 18.2 Å². The Balaban J connectivity index is 2.71. The molecular weight excluding hydrogens is 226 g/mol. The largest absolute Gasteiger partial charge is 0.419 e. The van der Waals surface area contributed by atoms with E-state index in [-0.39, 0.29) is 0 Å². The molecule has 16 heavy (non-hydrogen) atoms. The van der Waals surface area contributed by atoms with Crippen LogP contribution in [0, 0.1) is 11.8 Å². The second-order valence-corrected chi connectivity index (χ2v) is 3.34. The molecule has 0 aliphatic rings. The number of aromatic amines is 1. The standard InChI is InChI=1S/C11H7NO3S/c13-10-8-6-7(2-1-5-16)3-4-9(8)12-11(14)15-10/h3-4,6,16H,5H2,(H,12,14). The summed E-state index contributed by atoms with van der Waals surface area (Å²) in [7, 11) is 0. The predicted molar refractivity (Wildman–Crippen MR) is 63.8 cm³/mol. The second kappa shape index (κ2) is 4.29. The maximum Gasteiger partial charge on any atom is 0.419 e. The highest BCUT2D eigenvalue weighted by atomic mass is 32.1. The number of hydrogen-bond acceptors (Lipinski definition) is 4. The summed E-state index contributed by atoms with van der Waals surface area (Å²) in [5.74, 6) is 5.28. The number of hydrogen-bond donors (Lipinski definition) is 2. The number of nitrogens with one attached hydrogen (secondary N) is 1. The van der Waals surface area contributed by atoms with Crippen molar-refractivity contribution >= 4 is 23.5 Å². The Morgan fingerprint density at radius 3 is 2.94 bits per heavy atom. The molecule has 0 unspecified atom stereocenters. The Morgan fingerprint density at radius 1 is 1.38 bits per heavy atom. The molecule has 5 heteroatoms. The zero-order valence-corrected chi connectivity index (χ0v) is 9.01. The molecule has 0 spiro atoms. The first-order valence-electron chi connectivity index (χ1n) is 4.47. The quantitative estimate of drug-likeness (QED) is 0.521. The van der Waals surface area contributed by atoms with Gasteiger partial charge in [0.1, 0.15) is 0 Å². The van der Waals surface area contributed by atoms with Gasteiger partial charge in [0.25, 0.3) is 0 Å². The Bertz CT molecular complexity index is 703. The van der Waals surface area contributed by atoms with E-state index in [1.165, 1.54) is 0 Å². The van der Waals surface area contributed by atoms with Crippen LogP contribution in [0.1, 0.15) is 5.56 Å². The summed E-state index contributed by atoms with van der Waals surface area (Å²) in [5.41, 5.74) is 0.465. The van der Waals surface area contributed by atoms with E-state index in [2.05, 4.69) is 33.9 Å². The van der Waals surface area contributed by atoms with Gasteiger partial charge < -0.3 is 4.42 Å². The average Bonchev–Trinajstić information content (AvgIpc) is 2.26. The summed E-state index contributed by atoms with van der Waals surface area (Å²) in [6, 6.07) is 4.91.